The van der Waals surface area contributed by atoms with Crippen LogP contribution in [0.2, 0.25) is 0 Å². The van der Waals surface area contributed by atoms with Crippen LogP contribution in [0.3, 0.4) is 0 Å². The SMILES string of the molecule is C[N+](C)(CCN1C(=O)c2ccccc2C1=O)CCN(CCN1CCC(C(C(=O)I)(C2C=CC=CC2)C2C=CC(N)CC2)C1)c1ccc(CCCC(=O)O)cc1. The van der Waals surface area contributed by atoms with Crippen LogP contribution in [0.25, 0.3) is 0 Å². The molecule has 2 amide bonds. The zero-order valence-corrected chi connectivity index (χ0v) is 34.5. The van der Waals surface area contributed by atoms with E-state index >= 15 is 0 Å². The van der Waals surface area contributed by atoms with Crippen LogP contribution >= 0.6 is 22.6 Å². The van der Waals surface area contributed by atoms with Gasteiger partial charge >= 0.3 is 5.97 Å². The van der Waals surface area contributed by atoms with Gasteiger partial charge < -0.3 is 25.1 Å². The maximum atomic E-state index is 14.0. The van der Waals surface area contributed by atoms with Crippen LogP contribution < -0.4 is 10.6 Å². The predicted molar refractivity (Wildman–Crippen MR) is 225 cm³/mol. The molecule has 10 nitrogen and oxygen atoms in total. The smallest absolute Gasteiger partial charge is 0.303 e. The maximum Gasteiger partial charge on any atom is 0.303 e. The number of quaternary nitrogens is 1. The van der Waals surface area contributed by atoms with E-state index < -0.39 is 11.4 Å². The molecule has 2 heterocycles. The van der Waals surface area contributed by atoms with E-state index in [4.69, 9.17) is 10.8 Å². The molecule has 6 rings (SSSR count). The van der Waals surface area contributed by atoms with Crippen molar-refractivity contribution in [2.24, 2.45) is 28.9 Å². The number of fused-ring (bicyclic) bond motifs is 1. The minimum absolute atomic E-state index is 0.0517. The number of amides is 2. The second-order valence-corrected chi connectivity index (χ2v) is 17.5. The van der Waals surface area contributed by atoms with Crippen LogP contribution in [0.1, 0.15) is 64.8 Å². The molecule has 0 radical (unpaired) electrons. The summed E-state index contributed by atoms with van der Waals surface area (Å²) in [6.07, 6.45) is 18.2. The van der Waals surface area contributed by atoms with Gasteiger partial charge in [0.1, 0.15) is 0 Å². The molecule has 2 aliphatic heterocycles. The summed E-state index contributed by atoms with van der Waals surface area (Å²) < 4.78 is 0.892. The molecule has 0 bridgehead atoms. The topological polar surface area (TPSA) is 124 Å². The average molecular weight is 863 g/mol. The first-order valence-corrected chi connectivity index (χ1v) is 21.0. The third kappa shape index (κ3) is 9.49. The first-order chi connectivity index (χ1) is 26.4. The molecule has 5 atom stereocenters. The molecule has 2 aliphatic carbocycles. The molecule has 11 heteroatoms. The fourth-order valence-electron chi connectivity index (χ4n) is 9.20. The first-order valence-electron chi connectivity index (χ1n) is 19.9. The summed E-state index contributed by atoms with van der Waals surface area (Å²) in [4.78, 5) is 57.5. The lowest BCUT2D eigenvalue weighted by Crippen LogP contribution is -2.51. The number of imide groups is 1. The molecule has 4 aliphatic rings. The molecular formula is C44H57IN5O5+. The third-order valence-electron chi connectivity index (χ3n) is 12.5. The molecule has 0 spiro atoms. The van der Waals surface area contributed by atoms with E-state index in [-0.39, 0.29) is 45.8 Å². The zero-order chi connectivity index (χ0) is 39.2. The van der Waals surface area contributed by atoms with Crippen molar-refractivity contribution >= 4 is 49.9 Å². The van der Waals surface area contributed by atoms with Gasteiger partial charge in [0.05, 0.1) is 56.8 Å². The Morgan fingerprint density at radius 3 is 2.25 bits per heavy atom. The molecule has 5 unspecified atom stereocenters. The second kappa shape index (κ2) is 18.1. The number of halogens is 1. The lowest BCUT2D eigenvalue weighted by Gasteiger charge is -2.48. The summed E-state index contributed by atoms with van der Waals surface area (Å²) in [6.45, 7) is 6.03. The largest absolute Gasteiger partial charge is 0.481 e. The normalized spacial score (nSPS) is 23.6. The van der Waals surface area contributed by atoms with E-state index in [1.165, 1.54) is 4.90 Å². The van der Waals surface area contributed by atoms with Crippen molar-refractivity contribution in [2.75, 3.05) is 71.4 Å². The number of nitrogens with two attached hydrogens (primary N) is 1. The second-order valence-electron chi connectivity index (χ2n) is 16.5. The van der Waals surface area contributed by atoms with Crippen molar-refractivity contribution in [3.05, 3.63) is 102 Å². The molecular weight excluding hydrogens is 805 g/mol. The average Bonchev–Trinajstić information content (AvgIpc) is 3.74. The van der Waals surface area contributed by atoms with E-state index in [0.717, 1.165) is 82.6 Å². The molecule has 1 fully saturated rings. The Bertz CT molecular complexity index is 1770. The van der Waals surface area contributed by atoms with Crippen LogP contribution in [0.4, 0.5) is 5.69 Å². The Balaban J connectivity index is 1.14. The number of aliphatic carboxylic acids is 1. The van der Waals surface area contributed by atoms with Crippen molar-refractivity contribution < 1.29 is 28.8 Å². The number of carbonyl (C=O) groups excluding carboxylic acids is 3. The van der Waals surface area contributed by atoms with Crippen LogP contribution in [0, 0.1) is 23.2 Å². The Morgan fingerprint density at radius 2 is 1.64 bits per heavy atom. The predicted octanol–water partition coefficient (Wildman–Crippen LogP) is 5.97. The lowest BCUT2D eigenvalue weighted by molar-refractivity contribution is -0.888. The van der Waals surface area contributed by atoms with Crippen molar-refractivity contribution in [2.45, 2.75) is 51.0 Å². The number of aryl methyl sites for hydroxylation is 1. The van der Waals surface area contributed by atoms with E-state index in [2.05, 4.69) is 107 Å². The van der Waals surface area contributed by atoms with Crippen LogP contribution in [0.5, 0.6) is 0 Å². The van der Waals surface area contributed by atoms with Gasteiger partial charge in [-0.2, -0.15) is 0 Å². The van der Waals surface area contributed by atoms with Gasteiger partial charge in [-0.3, -0.25) is 24.1 Å². The zero-order valence-electron chi connectivity index (χ0n) is 32.3. The van der Waals surface area contributed by atoms with Crippen molar-refractivity contribution in [3.8, 4) is 0 Å². The molecule has 0 aromatic heterocycles. The van der Waals surface area contributed by atoms with Gasteiger partial charge in [-0.25, -0.2) is 0 Å². The Morgan fingerprint density at radius 1 is 0.909 bits per heavy atom. The Hall–Kier alpha value is -3.65. The lowest BCUT2D eigenvalue weighted by atomic mass is 9.56. The summed E-state index contributed by atoms with van der Waals surface area (Å²) in [5.74, 6) is -0.667. The Kier molecular flexibility index (Phi) is 13.5. The van der Waals surface area contributed by atoms with Gasteiger partial charge in [0, 0.05) is 60.4 Å². The fraction of sp³-hybridized carbons (Fsp3) is 0.500. The number of benzene rings is 2. The molecule has 3 N–H and O–H groups in total. The van der Waals surface area contributed by atoms with Gasteiger partial charge in [0.25, 0.3) is 11.8 Å². The number of carbonyl (C=O) groups is 4. The number of hydrogen-bond donors (Lipinski definition) is 2. The summed E-state index contributed by atoms with van der Waals surface area (Å²) in [7, 11) is 4.30. The highest BCUT2D eigenvalue weighted by molar-refractivity contribution is 14.1. The molecule has 2 aromatic rings. The molecule has 294 valence electrons. The number of anilines is 1. The number of likely N-dealkylation sites (tertiary alicyclic amines) is 1. The summed E-state index contributed by atoms with van der Waals surface area (Å²) in [5, 5.41) is 9.10. The molecule has 0 saturated carbocycles. The highest BCUT2D eigenvalue weighted by Crippen LogP contribution is 2.54. The molecule has 2 aromatic carbocycles. The minimum atomic E-state index is -0.776. The summed E-state index contributed by atoms with van der Waals surface area (Å²) in [5.41, 5.74) is 8.99. The number of carboxylic acids is 1. The van der Waals surface area contributed by atoms with Crippen LogP contribution in [0.15, 0.2) is 85.0 Å². The van der Waals surface area contributed by atoms with E-state index in [1.807, 2.05) is 0 Å². The van der Waals surface area contributed by atoms with Gasteiger partial charge in [-0.1, -0.05) is 60.7 Å². The number of nitrogens with zero attached hydrogens (tertiary/aromatic N) is 4. The number of hydrogen-bond acceptors (Lipinski definition) is 7. The van der Waals surface area contributed by atoms with E-state index in [1.54, 1.807) is 24.3 Å². The van der Waals surface area contributed by atoms with Crippen molar-refractivity contribution in [1.29, 1.82) is 0 Å². The van der Waals surface area contributed by atoms with Gasteiger partial charge in [0.2, 0.25) is 0 Å². The van der Waals surface area contributed by atoms with E-state index in [0.29, 0.717) is 35.1 Å². The fourth-order valence-corrected chi connectivity index (χ4v) is 10.4. The van der Waals surface area contributed by atoms with Crippen molar-refractivity contribution in [3.63, 3.8) is 0 Å². The summed E-state index contributed by atoms with van der Waals surface area (Å²) >= 11 is 2.10. The summed E-state index contributed by atoms with van der Waals surface area (Å²) in [6, 6.07) is 15.6. The van der Waals surface area contributed by atoms with Crippen molar-refractivity contribution in [1.82, 2.24) is 9.80 Å². The molecule has 55 heavy (non-hydrogen) atoms. The Labute approximate surface area is 339 Å². The number of carboxylic acid groups (broad SMARTS) is 1. The standard InChI is InChI=1S/C44H56IN5O5/c1-50(2,30-28-49-41(53)38-12-6-7-13-39(38)42(49)54)29-27-48(37-21-15-32(16-22-37)9-8-14-40(51)52)26-25-47-24-23-35(31-47)44(43(45)55,33-10-4-3-5-11-33)34-17-19-36(46)20-18-34/h3-7,10,12-13,15-17,19,21-22,33-36H,8-9,11,14,18,20,23-31,46H2,1-2H3/p+1. The van der Waals surface area contributed by atoms with Crippen LogP contribution in [-0.4, -0.2) is 113 Å². The number of likely N-dealkylation sites (N-methyl/N-ethyl adjacent to an activating group) is 1. The van der Waals surface area contributed by atoms with Gasteiger partial charge in [-0.05, 0) is 92.7 Å². The highest BCUT2D eigenvalue weighted by atomic mass is 127. The van der Waals surface area contributed by atoms with Gasteiger partial charge in [0.15, 0.2) is 3.79 Å². The van der Waals surface area contributed by atoms with E-state index in [9.17, 15) is 19.2 Å². The highest BCUT2D eigenvalue weighted by Gasteiger charge is 2.55. The number of allylic oxidation sites excluding steroid dienone is 5. The first kappa shape index (κ1) is 41.0. The quantitative estimate of drug-likeness (QED) is 0.0619. The number of rotatable bonds is 18. The van der Waals surface area contributed by atoms with Crippen LogP contribution in [-0.2, 0) is 16.0 Å². The third-order valence-corrected chi connectivity index (χ3v) is 13.5. The van der Waals surface area contributed by atoms with Gasteiger partial charge in [-0.15, -0.1) is 0 Å². The monoisotopic (exact) mass is 862 g/mol. The molecule has 1 saturated heterocycles. The maximum absolute atomic E-state index is 14.0. The minimum Gasteiger partial charge on any atom is -0.481 e.